The number of ether oxygens (including phenoxy) is 1. The topological polar surface area (TPSA) is 21.3 Å². The normalized spacial score (nSPS) is 13.0. The summed E-state index contributed by atoms with van der Waals surface area (Å²) < 4.78 is 19.2. The maximum absolute atomic E-state index is 13.7. The number of benzene rings is 1. The second kappa shape index (κ2) is 7.41. The lowest BCUT2D eigenvalue weighted by Gasteiger charge is -2.19. The van der Waals surface area contributed by atoms with Crippen molar-refractivity contribution in [2.75, 3.05) is 13.2 Å². The van der Waals surface area contributed by atoms with Gasteiger partial charge in [0.2, 0.25) is 0 Å². The Labute approximate surface area is 103 Å². The lowest BCUT2D eigenvalue weighted by molar-refractivity contribution is 0.0714. The van der Waals surface area contributed by atoms with Gasteiger partial charge in [0.15, 0.2) is 0 Å². The third-order valence-corrected chi connectivity index (χ3v) is 2.59. The average Bonchev–Trinajstić information content (AvgIpc) is 2.28. The van der Waals surface area contributed by atoms with Crippen LogP contribution in [0, 0.1) is 5.82 Å². The predicted molar refractivity (Wildman–Crippen MR) is 68.5 cm³/mol. The van der Waals surface area contributed by atoms with Gasteiger partial charge in [-0.05, 0) is 32.9 Å². The highest BCUT2D eigenvalue weighted by Gasteiger charge is 2.14. The van der Waals surface area contributed by atoms with Gasteiger partial charge in [-0.15, -0.1) is 0 Å². The number of rotatable bonds is 7. The number of hydrogen-bond donors (Lipinski definition) is 1. The Hall–Kier alpha value is -0.930. The van der Waals surface area contributed by atoms with Crippen LogP contribution >= 0.6 is 0 Å². The van der Waals surface area contributed by atoms with E-state index in [4.69, 9.17) is 4.74 Å². The molecule has 1 N–H and O–H groups in total. The monoisotopic (exact) mass is 239 g/mol. The first-order valence-corrected chi connectivity index (χ1v) is 6.24. The zero-order chi connectivity index (χ0) is 12.7. The average molecular weight is 239 g/mol. The van der Waals surface area contributed by atoms with Crippen molar-refractivity contribution in [1.29, 1.82) is 0 Å². The molecule has 96 valence electrons. The zero-order valence-corrected chi connectivity index (χ0v) is 10.9. The van der Waals surface area contributed by atoms with E-state index in [0.717, 1.165) is 18.5 Å². The van der Waals surface area contributed by atoms with E-state index < -0.39 is 0 Å². The molecule has 1 unspecified atom stereocenters. The molecule has 0 saturated carbocycles. The molecule has 0 amide bonds. The van der Waals surface area contributed by atoms with Crippen molar-refractivity contribution in [3.63, 3.8) is 0 Å². The highest BCUT2D eigenvalue weighted by Crippen LogP contribution is 2.20. The quantitative estimate of drug-likeness (QED) is 0.788. The molecular weight excluding hydrogens is 217 g/mol. The summed E-state index contributed by atoms with van der Waals surface area (Å²) in [6.07, 6.45) is 1.00. The molecule has 0 fully saturated rings. The Morgan fingerprint density at radius 1 is 1.29 bits per heavy atom. The molecule has 1 rings (SSSR count). The van der Waals surface area contributed by atoms with Gasteiger partial charge >= 0.3 is 0 Å². The van der Waals surface area contributed by atoms with Crippen LogP contribution in [-0.4, -0.2) is 19.3 Å². The van der Waals surface area contributed by atoms with Gasteiger partial charge in [0.05, 0.1) is 6.10 Å². The van der Waals surface area contributed by atoms with E-state index in [0.29, 0.717) is 6.61 Å². The molecular formula is C14H22FNO. The lowest BCUT2D eigenvalue weighted by atomic mass is 10.0. The van der Waals surface area contributed by atoms with Crippen molar-refractivity contribution in [3.8, 4) is 0 Å². The molecule has 0 spiro atoms. The lowest BCUT2D eigenvalue weighted by Crippen LogP contribution is -2.23. The molecule has 0 aliphatic rings. The van der Waals surface area contributed by atoms with E-state index in [1.807, 2.05) is 32.9 Å². The molecule has 0 bridgehead atoms. The predicted octanol–water partition coefficient (Wildman–Crippen LogP) is 3.29. The summed E-state index contributed by atoms with van der Waals surface area (Å²) in [5.41, 5.74) is 0.724. The fourth-order valence-electron chi connectivity index (χ4n) is 1.79. The van der Waals surface area contributed by atoms with Gasteiger partial charge in [0, 0.05) is 18.2 Å². The van der Waals surface area contributed by atoms with Crippen LogP contribution in [-0.2, 0) is 4.74 Å². The van der Waals surface area contributed by atoms with Crippen molar-refractivity contribution in [1.82, 2.24) is 5.32 Å². The summed E-state index contributed by atoms with van der Waals surface area (Å²) in [6, 6.07) is 6.94. The largest absolute Gasteiger partial charge is 0.379 e. The molecule has 0 radical (unpaired) electrons. The fraction of sp³-hybridized carbons (Fsp3) is 0.571. The third-order valence-electron chi connectivity index (χ3n) is 2.59. The second-order valence-corrected chi connectivity index (χ2v) is 4.34. The molecule has 0 aliphatic carbocycles. The minimum Gasteiger partial charge on any atom is -0.379 e. The Morgan fingerprint density at radius 2 is 2.00 bits per heavy atom. The molecule has 1 atom stereocenters. The van der Waals surface area contributed by atoms with Gasteiger partial charge < -0.3 is 10.1 Å². The summed E-state index contributed by atoms with van der Waals surface area (Å²) >= 11 is 0. The summed E-state index contributed by atoms with van der Waals surface area (Å²) in [6.45, 7) is 7.50. The van der Waals surface area contributed by atoms with Gasteiger partial charge in [-0.25, -0.2) is 4.39 Å². The van der Waals surface area contributed by atoms with Crippen LogP contribution in [0.4, 0.5) is 4.39 Å². The molecule has 0 aliphatic heterocycles. The van der Waals surface area contributed by atoms with E-state index >= 15 is 0 Å². The smallest absolute Gasteiger partial charge is 0.127 e. The minimum absolute atomic E-state index is 0.0277. The van der Waals surface area contributed by atoms with Crippen LogP contribution in [0.2, 0.25) is 0 Å². The van der Waals surface area contributed by atoms with Crippen molar-refractivity contribution < 1.29 is 9.13 Å². The van der Waals surface area contributed by atoms with Gasteiger partial charge in [-0.2, -0.15) is 0 Å². The maximum Gasteiger partial charge on any atom is 0.127 e. The van der Waals surface area contributed by atoms with Gasteiger partial charge in [0.25, 0.3) is 0 Å². The summed E-state index contributed by atoms with van der Waals surface area (Å²) in [4.78, 5) is 0. The van der Waals surface area contributed by atoms with Crippen LogP contribution in [0.5, 0.6) is 0 Å². The van der Waals surface area contributed by atoms with Crippen LogP contribution < -0.4 is 5.32 Å². The highest BCUT2D eigenvalue weighted by molar-refractivity contribution is 5.21. The fourth-order valence-corrected chi connectivity index (χ4v) is 1.79. The van der Waals surface area contributed by atoms with Crippen molar-refractivity contribution >= 4 is 0 Å². The molecule has 0 saturated heterocycles. The first-order chi connectivity index (χ1) is 8.15. The summed E-state index contributed by atoms with van der Waals surface area (Å²) in [5, 5.41) is 3.29. The second-order valence-electron chi connectivity index (χ2n) is 4.34. The van der Waals surface area contributed by atoms with Crippen LogP contribution in [0.25, 0.3) is 0 Å². The van der Waals surface area contributed by atoms with Gasteiger partial charge in [-0.3, -0.25) is 0 Å². The van der Waals surface area contributed by atoms with Gasteiger partial charge in [-0.1, -0.05) is 25.1 Å². The molecule has 0 heterocycles. The molecule has 0 aromatic heterocycles. The van der Waals surface area contributed by atoms with Gasteiger partial charge in [0.1, 0.15) is 5.82 Å². The molecule has 3 heteroatoms. The Kier molecular flexibility index (Phi) is 6.16. The maximum atomic E-state index is 13.7. The van der Waals surface area contributed by atoms with E-state index in [1.165, 1.54) is 6.07 Å². The van der Waals surface area contributed by atoms with E-state index in [-0.39, 0.29) is 18.0 Å². The molecule has 1 aromatic rings. The van der Waals surface area contributed by atoms with Crippen LogP contribution in [0.3, 0.4) is 0 Å². The standard InChI is InChI=1S/C14H22FNO/c1-4-16-14(9-10-17-11(2)3)12-7-5-6-8-13(12)15/h5-8,11,14,16H,4,9-10H2,1-3H3. The van der Waals surface area contributed by atoms with Crippen molar-refractivity contribution in [2.45, 2.75) is 39.3 Å². The van der Waals surface area contributed by atoms with Crippen molar-refractivity contribution in [2.24, 2.45) is 0 Å². The summed E-state index contributed by atoms with van der Waals surface area (Å²) in [7, 11) is 0. The molecule has 2 nitrogen and oxygen atoms in total. The first kappa shape index (κ1) is 14.1. The first-order valence-electron chi connectivity index (χ1n) is 6.24. The Morgan fingerprint density at radius 3 is 2.59 bits per heavy atom. The third kappa shape index (κ3) is 4.84. The minimum atomic E-state index is -0.150. The SMILES string of the molecule is CCNC(CCOC(C)C)c1ccccc1F. The molecule has 17 heavy (non-hydrogen) atoms. The zero-order valence-electron chi connectivity index (χ0n) is 10.9. The van der Waals surface area contributed by atoms with E-state index in [2.05, 4.69) is 5.32 Å². The number of nitrogens with one attached hydrogen (secondary N) is 1. The summed E-state index contributed by atoms with van der Waals surface area (Å²) in [5.74, 6) is -0.150. The van der Waals surface area contributed by atoms with Crippen molar-refractivity contribution in [3.05, 3.63) is 35.6 Å². The Balaban J connectivity index is 2.62. The number of hydrogen-bond acceptors (Lipinski definition) is 2. The number of halogens is 1. The van der Waals surface area contributed by atoms with E-state index in [9.17, 15) is 4.39 Å². The van der Waals surface area contributed by atoms with Crippen LogP contribution in [0.1, 0.15) is 38.8 Å². The Bertz CT molecular complexity index is 328. The highest BCUT2D eigenvalue weighted by atomic mass is 19.1. The molecule has 1 aromatic carbocycles. The van der Waals surface area contributed by atoms with Crippen LogP contribution in [0.15, 0.2) is 24.3 Å². The van der Waals surface area contributed by atoms with E-state index in [1.54, 1.807) is 6.07 Å².